The molecule has 1 atom stereocenters. The fraction of sp³-hybridized carbons (Fsp3) is 0.478. The van der Waals surface area contributed by atoms with E-state index in [1.807, 2.05) is 36.1 Å². The molecule has 1 N–H and O–H groups in total. The summed E-state index contributed by atoms with van der Waals surface area (Å²) in [5.74, 6) is 0.955. The number of ketones is 1. The largest absolute Gasteiger partial charge is 0.497 e. The van der Waals surface area contributed by atoms with Crippen molar-refractivity contribution in [3.05, 3.63) is 52.3 Å². The van der Waals surface area contributed by atoms with Gasteiger partial charge in [-0.15, -0.1) is 0 Å². The van der Waals surface area contributed by atoms with E-state index >= 15 is 0 Å². The van der Waals surface area contributed by atoms with Gasteiger partial charge in [0.05, 0.1) is 13.2 Å². The van der Waals surface area contributed by atoms with Crippen molar-refractivity contribution in [1.29, 1.82) is 0 Å². The van der Waals surface area contributed by atoms with E-state index in [2.05, 4.69) is 18.8 Å². The van der Waals surface area contributed by atoms with Crippen molar-refractivity contribution in [1.82, 2.24) is 9.88 Å². The quantitative estimate of drug-likeness (QED) is 0.855. The first-order chi connectivity index (χ1) is 13.3. The van der Waals surface area contributed by atoms with Gasteiger partial charge < -0.3 is 14.6 Å². The number of amides is 1. The molecule has 28 heavy (non-hydrogen) atoms. The Labute approximate surface area is 166 Å². The number of methoxy groups -OCH3 is 1. The van der Waals surface area contributed by atoms with Crippen LogP contribution in [0, 0.1) is 12.3 Å². The molecule has 1 amide bonds. The highest BCUT2D eigenvalue weighted by atomic mass is 16.5. The molecule has 5 heteroatoms. The third-order valence-corrected chi connectivity index (χ3v) is 6.13. The molecule has 1 aromatic heterocycles. The van der Waals surface area contributed by atoms with Gasteiger partial charge in [0, 0.05) is 24.2 Å². The number of ether oxygens (including phenoxy) is 1. The zero-order valence-corrected chi connectivity index (χ0v) is 17.1. The lowest BCUT2D eigenvalue weighted by Gasteiger charge is -2.28. The van der Waals surface area contributed by atoms with Gasteiger partial charge in [-0.2, -0.15) is 0 Å². The number of Topliss-reactive ketones (excluding diaryl/α,β-unsaturated/α-hetero) is 1. The number of hydrogen-bond donors (Lipinski definition) is 1. The standard InChI is InChI=1S/C23H28N2O3/c1-14-20-17(12-23(2,3)13-19(20)26)24-21(14)22(27)25-11-5-6-18(25)15-7-9-16(28-4)10-8-15/h7-10,18,24H,5-6,11-13H2,1-4H3. The molecule has 0 radical (unpaired) electrons. The molecule has 1 aromatic carbocycles. The highest BCUT2D eigenvalue weighted by Gasteiger charge is 2.37. The second-order valence-corrected chi connectivity index (χ2v) is 8.85. The van der Waals surface area contributed by atoms with Gasteiger partial charge in [-0.05, 0) is 54.9 Å². The Hall–Kier alpha value is -2.56. The number of likely N-dealkylation sites (tertiary alicyclic amines) is 1. The molecule has 1 unspecified atom stereocenters. The van der Waals surface area contributed by atoms with Crippen molar-refractivity contribution in [2.24, 2.45) is 5.41 Å². The van der Waals surface area contributed by atoms with Gasteiger partial charge in [0.1, 0.15) is 11.4 Å². The van der Waals surface area contributed by atoms with Gasteiger partial charge in [0.15, 0.2) is 5.78 Å². The number of H-pyrrole nitrogens is 1. The monoisotopic (exact) mass is 380 g/mol. The first-order valence-corrected chi connectivity index (χ1v) is 10.0. The number of nitrogens with zero attached hydrogens (tertiary/aromatic N) is 1. The number of aromatic nitrogens is 1. The van der Waals surface area contributed by atoms with Crippen LogP contribution < -0.4 is 4.74 Å². The van der Waals surface area contributed by atoms with Crippen LogP contribution in [0.3, 0.4) is 0 Å². The minimum absolute atomic E-state index is 0.00387. The topological polar surface area (TPSA) is 62.4 Å². The third-order valence-electron chi connectivity index (χ3n) is 6.13. The number of rotatable bonds is 3. The second kappa shape index (κ2) is 6.80. The summed E-state index contributed by atoms with van der Waals surface area (Å²) in [5, 5.41) is 0. The van der Waals surface area contributed by atoms with Crippen LogP contribution in [0.25, 0.3) is 0 Å². The Kier molecular flexibility index (Phi) is 4.56. The summed E-state index contributed by atoms with van der Waals surface area (Å²) in [4.78, 5) is 31.4. The fourth-order valence-electron chi connectivity index (χ4n) is 4.77. The molecular formula is C23H28N2O3. The zero-order chi connectivity index (χ0) is 20.1. The fourth-order valence-corrected chi connectivity index (χ4v) is 4.77. The Bertz CT molecular complexity index is 924. The average molecular weight is 380 g/mol. The minimum Gasteiger partial charge on any atom is -0.497 e. The van der Waals surface area contributed by atoms with Crippen LogP contribution in [0.1, 0.15) is 76.8 Å². The molecule has 148 valence electrons. The molecule has 2 aromatic rings. The lowest BCUT2D eigenvalue weighted by Crippen LogP contribution is -2.31. The maximum absolute atomic E-state index is 13.4. The van der Waals surface area contributed by atoms with Crippen LogP contribution in [0.15, 0.2) is 24.3 Å². The Morgan fingerprint density at radius 2 is 1.93 bits per heavy atom. The Balaban J connectivity index is 1.65. The number of carbonyl (C=O) groups excluding carboxylic acids is 2. The molecule has 1 aliphatic carbocycles. The predicted molar refractivity (Wildman–Crippen MR) is 108 cm³/mol. The molecule has 0 saturated carbocycles. The van der Waals surface area contributed by atoms with Crippen LogP contribution in [-0.4, -0.2) is 35.2 Å². The van der Waals surface area contributed by atoms with Gasteiger partial charge in [-0.1, -0.05) is 26.0 Å². The van der Waals surface area contributed by atoms with Crippen LogP contribution in [0.2, 0.25) is 0 Å². The maximum Gasteiger partial charge on any atom is 0.271 e. The molecule has 2 heterocycles. The number of fused-ring (bicyclic) bond motifs is 1. The van der Waals surface area contributed by atoms with E-state index < -0.39 is 0 Å². The van der Waals surface area contributed by atoms with Crippen LogP contribution >= 0.6 is 0 Å². The molecule has 1 aliphatic heterocycles. The van der Waals surface area contributed by atoms with Crippen LogP contribution in [-0.2, 0) is 6.42 Å². The summed E-state index contributed by atoms with van der Waals surface area (Å²) in [5.41, 5.74) is 4.10. The number of nitrogens with one attached hydrogen (secondary N) is 1. The molecular weight excluding hydrogens is 352 g/mol. The third kappa shape index (κ3) is 3.13. The van der Waals surface area contributed by atoms with Gasteiger partial charge in [0.2, 0.25) is 0 Å². The van der Waals surface area contributed by atoms with Gasteiger partial charge in [-0.25, -0.2) is 0 Å². The lowest BCUT2D eigenvalue weighted by atomic mass is 9.75. The summed E-state index contributed by atoms with van der Waals surface area (Å²) < 4.78 is 5.25. The number of carbonyl (C=O) groups is 2. The molecule has 5 nitrogen and oxygen atoms in total. The van der Waals surface area contributed by atoms with E-state index in [9.17, 15) is 9.59 Å². The average Bonchev–Trinajstić information content (AvgIpc) is 3.25. The number of benzene rings is 1. The van der Waals surface area contributed by atoms with Crippen molar-refractivity contribution < 1.29 is 14.3 Å². The van der Waals surface area contributed by atoms with Crippen molar-refractivity contribution in [3.8, 4) is 5.75 Å². The van der Waals surface area contributed by atoms with Crippen molar-refractivity contribution in [3.63, 3.8) is 0 Å². The molecule has 1 saturated heterocycles. The molecule has 2 aliphatic rings. The molecule has 4 rings (SSSR count). The smallest absolute Gasteiger partial charge is 0.271 e. The summed E-state index contributed by atoms with van der Waals surface area (Å²) >= 11 is 0. The van der Waals surface area contributed by atoms with Crippen LogP contribution in [0.5, 0.6) is 5.75 Å². The van der Waals surface area contributed by atoms with E-state index in [-0.39, 0.29) is 23.1 Å². The molecule has 0 bridgehead atoms. The van der Waals surface area contributed by atoms with Gasteiger partial charge >= 0.3 is 0 Å². The summed E-state index contributed by atoms with van der Waals surface area (Å²) in [6.45, 7) is 6.84. The highest BCUT2D eigenvalue weighted by molar-refractivity contribution is 6.04. The normalized spacial score (nSPS) is 20.9. The summed E-state index contributed by atoms with van der Waals surface area (Å²) in [6, 6.07) is 8.01. The first-order valence-electron chi connectivity index (χ1n) is 10.0. The van der Waals surface area contributed by atoms with E-state index in [0.29, 0.717) is 12.1 Å². The maximum atomic E-state index is 13.4. The lowest BCUT2D eigenvalue weighted by molar-refractivity contribution is 0.0729. The highest BCUT2D eigenvalue weighted by Crippen LogP contribution is 2.39. The van der Waals surface area contributed by atoms with Crippen LogP contribution in [0.4, 0.5) is 0 Å². The number of aromatic amines is 1. The van der Waals surface area contributed by atoms with Crippen molar-refractivity contribution >= 4 is 11.7 Å². The van der Waals surface area contributed by atoms with Crippen molar-refractivity contribution in [2.45, 2.75) is 52.5 Å². The predicted octanol–water partition coefficient (Wildman–Crippen LogP) is 4.46. The SMILES string of the molecule is COc1ccc(C2CCCN2C(=O)c2[nH]c3c(c2C)C(=O)CC(C)(C)C3)cc1. The Morgan fingerprint density at radius 3 is 2.61 bits per heavy atom. The summed E-state index contributed by atoms with van der Waals surface area (Å²) in [7, 11) is 1.65. The minimum atomic E-state index is -0.0685. The van der Waals surface area contributed by atoms with E-state index in [0.717, 1.165) is 53.9 Å². The van der Waals surface area contributed by atoms with Gasteiger partial charge in [0.25, 0.3) is 5.91 Å². The van der Waals surface area contributed by atoms with Crippen molar-refractivity contribution in [2.75, 3.05) is 13.7 Å². The van der Waals surface area contributed by atoms with E-state index in [4.69, 9.17) is 4.74 Å². The van der Waals surface area contributed by atoms with E-state index in [1.54, 1.807) is 7.11 Å². The van der Waals surface area contributed by atoms with E-state index in [1.165, 1.54) is 0 Å². The summed E-state index contributed by atoms with van der Waals surface area (Å²) in [6.07, 6.45) is 3.26. The molecule has 1 fully saturated rings. The zero-order valence-electron chi connectivity index (χ0n) is 17.1. The molecule has 0 spiro atoms. The van der Waals surface area contributed by atoms with Gasteiger partial charge in [-0.3, -0.25) is 9.59 Å². The second-order valence-electron chi connectivity index (χ2n) is 8.85. The number of hydrogen-bond acceptors (Lipinski definition) is 3. The Morgan fingerprint density at radius 1 is 1.21 bits per heavy atom. The first kappa shape index (κ1) is 18.8.